The van der Waals surface area contributed by atoms with Crippen molar-refractivity contribution in [2.75, 3.05) is 12.1 Å². The molecule has 0 aliphatic heterocycles. The summed E-state index contributed by atoms with van der Waals surface area (Å²) in [5.41, 5.74) is 3.89. The van der Waals surface area contributed by atoms with Gasteiger partial charge in [-0.15, -0.1) is 0 Å². The predicted octanol–water partition coefficient (Wildman–Crippen LogP) is 3.07. The number of hydrogen-bond donors (Lipinski definition) is 1. The summed E-state index contributed by atoms with van der Waals surface area (Å²) in [5.74, 6) is 6.39. The Hall–Kier alpha value is -1.02. The fourth-order valence-electron chi connectivity index (χ4n) is 1.78. The van der Waals surface area contributed by atoms with Crippen molar-refractivity contribution in [2.24, 2.45) is 5.84 Å². The van der Waals surface area contributed by atoms with E-state index in [-0.39, 0.29) is 0 Å². The van der Waals surface area contributed by atoms with Crippen molar-refractivity contribution >= 4 is 5.69 Å². The van der Waals surface area contributed by atoms with Gasteiger partial charge < -0.3 is 5.01 Å². The number of hydrogen-bond acceptors (Lipinski definition) is 2. The third-order valence-corrected chi connectivity index (χ3v) is 2.67. The number of anilines is 1. The molecule has 0 saturated carbocycles. The molecule has 0 unspecified atom stereocenters. The van der Waals surface area contributed by atoms with Crippen LogP contribution in [-0.2, 0) is 6.42 Å². The zero-order valence-electron chi connectivity index (χ0n) is 10.2. The van der Waals surface area contributed by atoms with E-state index in [1.165, 1.54) is 11.1 Å². The first-order chi connectivity index (χ1) is 7.06. The second kappa shape index (κ2) is 5.17. The third kappa shape index (κ3) is 2.96. The van der Waals surface area contributed by atoms with Crippen molar-refractivity contribution in [3.8, 4) is 0 Å². The summed E-state index contributed by atoms with van der Waals surface area (Å²) in [6.07, 6.45) is 2.25. The van der Waals surface area contributed by atoms with E-state index in [1.807, 2.05) is 7.05 Å². The average molecular weight is 206 g/mol. The molecule has 2 N–H and O–H groups in total. The number of benzene rings is 1. The fourth-order valence-corrected chi connectivity index (χ4v) is 1.78. The first-order valence-electron chi connectivity index (χ1n) is 5.67. The Morgan fingerprint density at radius 2 is 2.00 bits per heavy atom. The Morgan fingerprint density at radius 3 is 2.47 bits per heavy atom. The lowest BCUT2D eigenvalue weighted by Crippen LogP contribution is -2.26. The molecule has 0 spiro atoms. The Bertz CT molecular complexity index is 316. The van der Waals surface area contributed by atoms with Gasteiger partial charge in [0.25, 0.3) is 0 Å². The molecule has 84 valence electrons. The van der Waals surface area contributed by atoms with Crippen LogP contribution in [0.25, 0.3) is 0 Å². The van der Waals surface area contributed by atoms with Crippen molar-refractivity contribution in [3.63, 3.8) is 0 Å². The van der Waals surface area contributed by atoms with Gasteiger partial charge in [-0.05, 0) is 29.5 Å². The highest BCUT2D eigenvalue weighted by Crippen LogP contribution is 2.24. The maximum Gasteiger partial charge on any atom is 0.0546 e. The minimum Gasteiger partial charge on any atom is -0.314 e. The minimum absolute atomic E-state index is 0.581. The fraction of sp³-hybridized carbons (Fsp3) is 0.538. The smallest absolute Gasteiger partial charge is 0.0546 e. The van der Waals surface area contributed by atoms with Gasteiger partial charge >= 0.3 is 0 Å². The molecule has 0 radical (unpaired) electrons. The highest BCUT2D eigenvalue weighted by Gasteiger charge is 2.07. The summed E-state index contributed by atoms with van der Waals surface area (Å²) >= 11 is 0. The van der Waals surface area contributed by atoms with Crippen LogP contribution in [0.2, 0.25) is 0 Å². The van der Waals surface area contributed by atoms with E-state index in [1.54, 1.807) is 5.01 Å². The number of hydrazine groups is 1. The lowest BCUT2D eigenvalue weighted by molar-refractivity contribution is 0.848. The summed E-state index contributed by atoms with van der Waals surface area (Å²) < 4.78 is 0. The van der Waals surface area contributed by atoms with E-state index in [4.69, 9.17) is 5.84 Å². The summed E-state index contributed by atoms with van der Waals surface area (Å²) in [6, 6.07) is 6.58. The van der Waals surface area contributed by atoms with Gasteiger partial charge in [-0.2, -0.15) is 0 Å². The molecule has 0 fully saturated rings. The van der Waals surface area contributed by atoms with Crippen LogP contribution in [0.4, 0.5) is 5.69 Å². The first-order valence-corrected chi connectivity index (χ1v) is 5.67. The van der Waals surface area contributed by atoms with Gasteiger partial charge in [0, 0.05) is 7.05 Å². The molecule has 0 aliphatic carbocycles. The zero-order valence-corrected chi connectivity index (χ0v) is 10.2. The highest BCUT2D eigenvalue weighted by molar-refractivity contribution is 5.54. The summed E-state index contributed by atoms with van der Waals surface area (Å²) in [7, 11) is 1.89. The molecule has 0 bridgehead atoms. The lowest BCUT2D eigenvalue weighted by Gasteiger charge is -2.18. The Morgan fingerprint density at radius 1 is 1.33 bits per heavy atom. The molecule has 1 aromatic carbocycles. The second-order valence-electron chi connectivity index (χ2n) is 4.40. The second-order valence-corrected chi connectivity index (χ2v) is 4.40. The Balaban J connectivity index is 3.08. The van der Waals surface area contributed by atoms with Crippen LogP contribution in [0.3, 0.4) is 0 Å². The molecule has 0 heterocycles. The van der Waals surface area contributed by atoms with Crippen molar-refractivity contribution < 1.29 is 0 Å². The van der Waals surface area contributed by atoms with E-state index in [2.05, 4.69) is 39.0 Å². The molecule has 15 heavy (non-hydrogen) atoms. The average Bonchev–Trinajstić information content (AvgIpc) is 2.17. The summed E-state index contributed by atoms with van der Waals surface area (Å²) in [4.78, 5) is 0. The van der Waals surface area contributed by atoms with E-state index >= 15 is 0 Å². The van der Waals surface area contributed by atoms with Crippen molar-refractivity contribution in [2.45, 2.75) is 39.5 Å². The molecule has 0 aliphatic rings. The molecule has 0 amide bonds. The van der Waals surface area contributed by atoms with Crippen LogP contribution in [0.1, 0.15) is 44.2 Å². The van der Waals surface area contributed by atoms with Crippen LogP contribution >= 0.6 is 0 Å². The van der Waals surface area contributed by atoms with Crippen LogP contribution in [0, 0.1) is 0 Å². The van der Waals surface area contributed by atoms with Crippen molar-refractivity contribution in [3.05, 3.63) is 29.3 Å². The molecule has 2 heteroatoms. The molecule has 0 saturated heterocycles. The van der Waals surface area contributed by atoms with Gasteiger partial charge in [0.2, 0.25) is 0 Å². The van der Waals surface area contributed by atoms with E-state index in [0.717, 1.165) is 18.5 Å². The van der Waals surface area contributed by atoms with Gasteiger partial charge in [-0.25, -0.2) is 5.84 Å². The highest BCUT2D eigenvalue weighted by atomic mass is 15.4. The van der Waals surface area contributed by atoms with E-state index in [9.17, 15) is 0 Å². The van der Waals surface area contributed by atoms with Crippen LogP contribution in [-0.4, -0.2) is 7.05 Å². The van der Waals surface area contributed by atoms with E-state index < -0.39 is 0 Å². The lowest BCUT2D eigenvalue weighted by atomic mass is 9.97. The molecule has 1 rings (SSSR count). The number of nitrogens with two attached hydrogens (primary N) is 1. The Kier molecular flexibility index (Phi) is 4.15. The van der Waals surface area contributed by atoms with Gasteiger partial charge in [-0.3, -0.25) is 0 Å². The van der Waals surface area contributed by atoms with Crippen LogP contribution in [0.15, 0.2) is 18.2 Å². The number of aryl methyl sites for hydroxylation is 1. The van der Waals surface area contributed by atoms with Crippen LogP contribution in [0.5, 0.6) is 0 Å². The normalized spacial score (nSPS) is 10.8. The van der Waals surface area contributed by atoms with Crippen molar-refractivity contribution in [1.82, 2.24) is 0 Å². The number of rotatable bonds is 4. The maximum absolute atomic E-state index is 5.80. The van der Waals surface area contributed by atoms with E-state index in [0.29, 0.717) is 5.92 Å². The van der Waals surface area contributed by atoms with Gasteiger partial charge in [0.15, 0.2) is 0 Å². The predicted molar refractivity (Wildman–Crippen MR) is 67.1 cm³/mol. The molecular formula is C13H22N2. The maximum atomic E-state index is 5.80. The molecule has 1 aromatic rings. The largest absolute Gasteiger partial charge is 0.314 e. The standard InChI is InChI=1S/C13H22N2/c1-5-6-12-9-11(10(2)3)7-8-13(12)15(4)14/h7-10H,5-6,14H2,1-4H3. The topological polar surface area (TPSA) is 29.3 Å². The van der Waals surface area contributed by atoms with Crippen LogP contribution < -0.4 is 10.9 Å². The molecule has 0 aromatic heterocycles. The SMILES string of the molecule is CCCc1cc(C(C)C)ccc1N(C)N. The summed E-state index contributed by atoms with van der Waals surface area (Å²) in [6.45, 7) is 6.64. The minimum atomic E-state index is 0.581. The molecule has 0 atom stereocenters. The van der Waals surface area contributed by atoms with Gasteiger partial charge in [0.1, 0.15) is 0 Å². The monoisotopic (exact) mass is 206 g/mol. The summed E-state index contributed by atoms with van der Waals surface area (Å²) in [5, 5.41) is 1.70. The molecule has 2 nitrogen and oxygen atoms in total. The Labute approximate surface area is 93.1 Å². The molecular weight excluding hydrogens is 184 g/mol. The first kappa shape index (κ1) is 12.1. The zero-order chi connectivity index (χ0) is 11.4. The third-order valence-electron chi connectivity index (χ3n) is 2.67. The number of nitrogens with zero attached hydrogens (tertiary/aromatic N) is 1. The van der Waals surface area contributed by atoms with Gasteiger partial charge in [0.05, 0.1) is 5.69 Å². The van der Waals surface area contributed by atoms with Crippen molar-refractivity contribution in [1.29, 1.82) is 0 Å². The van der Waals surface area contributed by atoms with Gasteiger partial charge in [-0.1, -0.05) is 39.3 Å². The quantitative estimate of drug-likeness (QED) is 0.606.